The van der Waals surface area contributed by atoms with Gasteiger partial charge in [0.2, 0.25) is 0 Å². The van der Waals surface area contributed by atoms with Crippen LogP contribution in [0.15, 0.2) is 75.7 Å². The van der Waals surface area contributed by atoms with E-state index in [1.54, 1.807) is 24.3 Å². The fourth-order valence-electron chi connectivity index (χ4n) is 2.66. The van der Waals surface area contributed by atoms with E-state index in [1.165, 1.54) is 7.11 Å². The Morgan fingerprint density at radius 1 is 0.931 bits per heavy atom. The molecule has 29 heavy (non-hydrogen) atoms. The van der Waals surface area contributed by atoms with E-state index in [4.69, 9.17) is 9.47 Å². The van der Waals surface area contributed by atoms with Gasteiger partial charge in [0.1, 0.15) is 5.75 Å². The van der Waals surface area contributed by atoms with Crippen LogP contribution in [0, 0.1) is 0 Å². The minimum absolute atomic E-state index is 0.208. The Morgan fingerprint density at radius 2 is 1.69 bits per heavy atom. The van der Waals surface area contributed by atoms with E-state index in [0.29, 0.717) is 15.9 Å². The quantitative estimate of drug-likeness (QED) is 0.426. The van der Waals surface area contributed by atoms with Crippen LogP contribution in [0.1, 0.15) is 10.4 Å². The first-order chi connectivity index (χ1) is 14.0. The zero-order valence-corrected chi connectivity index (χ0v) is 18.6. The molecule has 148 valence electrons. The summed E-state index contributed by atoms with van der Waals surface area (Å²) in [4.78, 5) is 24.2. The average molecular weight is 519 g/mol. The number of nitrogens with one attached hydrogen (secondary N) is 1. The van der Waals surface area contributed by atoms with Gasteiger partial charge in [-0.25, -0.2) is 4.79 Å². The average Bonchev–Trinajstić information content (AvgIpc) is 2.74. The SMILES string of the molecule is COC(=O)c1cc(Br)ccc1NC(=O)COc1ccc(-c2ccccc2)cc1Br. The summed E-state index contributed by atoms with van der Waals surface area (Å²) in [7, 11) is 1.29. The van der Waals surface area contributed by atoms with Gasteiger partial charge in [-0.15, -0.1) is 0 Å². The lowest BCUT2D eigenvalue weighted by atomic mass is 10.1. The normalized spacial score (nSPS) is 10.3. The van der Waals surface area contributed by atoms with E-state index in [0.717, 1.165) is 15.6 Å². The summed E-state index contributed by atoms with van der Waals surface area (Å²) >= 11 is 6.79. The maximum atomic E-state index is 12.3. The summed E-state index contributed by atoms with van der Waals surface area (Å²) in [5.41, 5.74) is 2.73. The standard InChI is InChI=1S/C22H17Br2NO4/c1-28-22(27)17-12-16(23)8-9-19(17)25-21(26)13-29-20-10-7-15(11-18(20)24)14-5-3-2-4-6-14/h2-12H,13H2,1H3,(H,25,26). The zero-order valence-electron chi connectivity index (χ0n) is 15.4. The number of benzene rings is 3. The lowest BCUT2D eigenvalue weighted by Gasteiger charge is -2.12. The van der Waals surface area contributed by atoms with E-state index in [2.05, 4.69) is 37.2 Å². The maximum Gasteiger partial charge on any atom is 0.340 e. The number of esters is 1. The van der Waals surface area contributed by atoms with Crippen molar-refractivity contribution in [2.24, 2.45) is 0 Å². The third-order valence-corrected chi connectivity index (χ3v) is 5.17. The number of methoxy groups -OCH3 is 1. The Hall–Kier alpha value is -2.64. The first-order valence-corrected chi connectivity index (χ1v) is 10.2. The molecule has 0 saturated carbocycles. The van der Waals surface area contributed by atoms with Crippen LogP contribution in [0.4, 0.5) is 5.69 Å². The monoisotopic (exact) mass is 517 g/mol. The number of hydrogen-bond donors (Lipinski definition) is 1. The van der Waals surface area contributed by atoms with Crippen LogP contribution in [0.5, 0.6) is 5.75 Å². The third kappa shape index (κ3) is 5.46. The molecular weight excluding hydrogens is 502 g/mol. The van der Waals surface area contributed by atoms with Crippen LogP contribution in [-0.2, 0) is 9.53 Å². The smallest absolute Gasteiger partial charge is 0.340 e. The number of carbonyl (C=O) groups excluding carboxylic acids is 2. The predicted octanol–water partition coefficient (Wildman–Crippen LogP) is 5.68. The fourth-order valence-corrected chi connectivity index (χ4v) is 3.52. The number of ether oxygens (including phenoxy) is 2. The fraction of sp³-hybridized carbons (Fsp3) is 0.0909. The second-order valence-electron chi connectivity index (χ2n) is 6.03. The lowest BCUT2D eigenvalue weighted by molar-refractivity contribution is -0.118. The Labute approximate surface area is 185 Å². The molecule has 3 aromatic rings. The highest BCUT2D eigenvalue weighted by Gasteiger charge is 2.15. The molecule has 1 N–H and O–H groups in total. The van der Waals surface area contributed by atoms with Crippen LogP contribution in [-0.4, -0.2) is 25.6 Å². The summed E-state index contributed by atoms with van der Waals surface area (Å²) in [5, 5.41) is 2.68. The van der Waals surface area contributed by atoms with Gasteiger partial charge in [-0.3, -0.25) is 4.79 Å². The molecule has 0 aliphatic carbocycles. The van der Waals surface area contributed by atoms with E-state index in [-0.39, 0.29) is 12.2 Å². The lowest BCUT2D eigenvalue weighted by Crippen LogP contribution is -2.22. The first-order valence-electron chi connectivity index (χ1n) is 8.63. The van der Waals surface area contributed by atoms with Crippen molar-refractivity contribution in [1.29, 1.82) is 0 Å². The number of halogens is 2. The first kappa shape index (κ1) is 21.1. The van der Waals surface area contributed by atoms with Gasteiger partial charge >= 0.3 is 5.97 Å². The van der Waals surface area contributed by atoms with Gasteiger partial charge in [0.15, 0.2) is 6.61 Å². The molecule has 3 aromatic carbocycles. The summed E-state index contributed by atoms with van der Waals surface area (Å²) < 4.78 is 11.8. The van der Waals surface area contributed by atoms with E-state index >= 15 is 0 Å². The molecule has 0 heterocycles. The molecule has 7 heteroatoms. The molecule has 0 unspecified atom stereocenters. The van der Waals surface area contributed by atoms with Gasteiger partial charge < -0.3 is 14.8 Å². The molecule has 0 aliphatic heterocycles. The summed E-state index contributed by atoms with van der Waals surface area (Å²) in [6.07, 6.45) is 0. The van der Waals surface area contributed by atoms with E-state index in [1.807, 2.05) is 42.5 Å². The summed E-state index contributed by atoms with van der Waals surface area (Å²) in [6.45, 7) is -0.208. The van der Waals surface area contributed by atoms with Crippen molar-refractivity contribution in [1.82, 2.24) is 0 Å². The van der Waals surface area contributed by atoms with Crippen molar-refractivity contribution in [3.63, 3.8) is 0 Å². The highest BCUT2D eigenvalue weighted by molar-refractivity contribution is 9.10. The molecule has 0 atom stereocenters. The molecule has 3 rings (SSSR count). The van der Waals surface area contributed by atoms with Crippen molar-refractivity contribution >= 4 is 49.4 Å². The van der Waals surface area contributed by atoms with Gasteiger partial charge in [-0.2, -0.15) is 0 Å². The van der Waals surface area contributed by atoms with Crippen LogP contribution in [0.3, 0.4) is 0 Å². The molecule has 0 saturated heterocycles. The van der Waals surface area contributed by atoms with Crippen LogP contribution < -0.4 is 10.1 Å². The Kier molecular flexibility index (Phi) is 7.06. The molecule has 1 amide bonds. The van der Waals surface area contributed by atoms with Crippen LogP contribution in [0.25, 0.3) is 11.1 Å². The van der Waals surface area contributed by atoms with Crippen molar-refractivity contribution in [3.05, 3.63) is 81.2 Å². The van der Waals surface area contributed by atoms with Gasteiger partial charge in [-0.1, -0.05) is 52.3 Å². The predicted molar refractivity (Wildman–Crippen MR) is 119 cm³/mol. The largest absolute Gasteiger partial charge is 0.483 e. The minimum atomic E-state index is -0.540. The molecule has 0 aliphatic rings. The number of carbonyl (C=O) groups is 2. The zero-order chi connectivity index (χ0) is 20.8. The Morgan fingerprint density at radius 3 is 2.38 bits per heavy atom. The van der Waals surface area contributed by atoms with Gasteiger partial charge in [0, 0.05) is 4.47 Å². The molecule has 0 bridgehead atoms. The molecule has 0 fully saturated rings. The highest BCUT2D eigenvalue weighted by atomic mass is 79.9. The molecule has 5 nitrogen and oxygen atoms in total. The van der Waals surface area contributed by atoms with Gasteiger partial charge in [-0.05, 0) is 57.4 Å². The van der Waals surface area contributed by atoms with Gasteiger partial charge in [0.25, 0.3) is 5.91 Å². The Bertz CT molecular complexity index is 1040. The third-order valence-electron chi connectivity index (χ3n) is 4.06. The molecule has 0 aromatic heterocycles. The van der Waals surface area contributed by atoms with Crippen molar-refractivity contribution in [2.45, 2.75) is 0 Å². The maximum absolute atomic E-state index is 12.3. The minimum Gasteiger partial charge on any atom is -0.483 e. The van der Waals surface area contributed by atoms with Gasteiger partial charge in [0.05, 0.1) is 22.8 Å². The van der Waals surface area contributed by atoms with Crippen molar-refractivity contribution < 1.29 is 19.1 Å². The van der Waals surface area contributed by atoms with Crippen LogP contribution in [0.2, 0.25) is 0 Å². The number of hydrogen-bond acceptors (Lipinski definition) is 4. The molecule has 0 radical (unpaired) electrons. The van der Waals surface area contributed by atoms with Crippen LogP contribution >= 0.6 is 31.9 Å². The second kappa shape index (κ2) is 9.71. The molecule has 0 spiro atoms. The van der Waals surface area contributed by atoms with E-state index < -0.39 is 11.9 Å². The van der Waals surface area contributed by atoms with E-state index in [9.17, 15) is 9.59 Å². The number of anilines is 1. The molecular formula is C22H17Br2NO4. The summed E-state index contributed by atoms with van der Waals surface area (Å²) in [5.74, 6) is -0.387. The van der Waals surface area contributed by atoms with Crippen molar-refractivity contribution in [3.8, 4) is 16.9 Å². The second-order valence-corrected chi connectivity index (χ2v) is 7.80. The number of amides is 1. The summed E-state index contributed by atoms with van der Waals surface area (Å²) in [6, 6.07) is 20.6. The topological polar surface area (TPSA) is 64.6 Å². The van der Waals surface area contributed by atoms with Crippen molar-refractivity contribution in [2.75, 3.05) is 19.0 Å². The highest BCUT2D eigenvalue weighted by Crippen LogP contribution is 2.30. The Balaban J connectivity index is 1.67. The number of rotatable bonds is 6.